The second-order valence-electron chi connectivity index (χ2n) is 8.01. The maximum Gasteiger partial charge on any atom is 0.159 e. The molecular formula is C27H34N6. The molecule has 6 heteroatoms. The number of aromatic nitrogens is 5. The smallest absolute Gasteiger partial charge is 0.159 e. The van der Waals surface area contributed by atoms with Crippen LogP contribution in [0.3, 0.4) is 0 Å². The number of allylic oxidation sites excluding steroid dienone is 2. The number of hydrogen-bond donors (Lipinski definition) is 2. The zero-order chi connectivity index (χ0) is 23.8. The van der Waals surface area contributed by atoms with Crippen molar-refractivity contribution in [3.63, 3.8) is 0 Å². The van der Waals surface area contributed by atoms with Crippen LogP contribution in [-0.2, 0) is 6.42 Å². The summed E-state index contributed by atoms with van der Waals surface area (Å²) in [4.78, 5) is 14.8. The van der Waals surface area contributed by atoms with Crippen LogP contribution in [0.2, 0.25) is 0 Å². The summed E-state index contributed by atoms with van der Waals surface area (Å²) in [5.74, 6) is 0.750. The van der Waals surface area contributed by atoms with Gasteiger partial charge in [0.25, 0.3) is 0 Å². The normalized spacial score (nSPS) is 11.2. The summed E-state index contributed by atoms with van der Waals surface area (Å²) in [5.41, 5.74) is 7.16. The lowest BCUT2D eigenvalue weighted by Gasteiger charge is -2.09. The van der Waals surface area contributed by atoms with Crippen molar-refractivity contribution in [2.75, 3.05) is 20.6 Å². The third-order valence-corrected chi connectivity index (χ3v) is 5.30. The number of fused-ring (bicyclic) bond motifs is 1. The molecule has 0 bridgehead atoms. The van der Waals surface area contributed by atoms with E-state index in [-0.39, 0.29) is 0 Å². The van der Waals surface area contributed by atoms with E-state index in [9.17, 15) is 0 Å². The van der Waals surface area contributed by atoms with E-state index in [4.69, 9.17) is 4.98 Å². The summed E-state index contributed by atoms with van der Waals surface area (Å²) in [6.07, 6.45) is 11.6. The van der Waals surface area contributed by atoms with Gasteiger partial charge in [0.15, 0.2) is 5.82 Å². The number of H-pyrrole nitrogens is 2. The molecule has 0 fully saturated rings. The fourth-order valence-corrected chi connectivity index (χ4v) is 3.66. The van der Waals surface area contributed by atoms with Gasteiger partial charge in [0.05, 0.1) is 11.2 Å². The Labute approximate surface area is 196 Å². The molecule has 0 aliphatic carbocycles. The first-order valence-corrected chi connectivity index (χ1v) is 11.5. The van der Waals surface area contributed by atoms with Crippen LogP contribution in [0.1, 0.15) is 37.2 Å². The van der Waals surface area contributed by atoms with E-state index in [0.29, 0.717) is 0 Å². The molecule has 4 rings (SSSR count). The molecule has 33 heavy (non-hydrogen) atoms. The SMILES string of the molecule is C=C/C=C\c1nc(-c2n[nH]c3ccc(-c4cncc(CCCN(C)C)c4)cc23)[nH]c1C.CC. The van der Waals surface area contributed by atoms with E-state index in [0.717, 1.165) is 64.3 Å². The molecule has 0 spiro atoms. The number of aromatic amines is 2. The molecule has 0 atom stereocenters. The van der Waals surface area contributed by atoms with E-state index in [2.05, 4.69) is 70.0 Å². The molecule has 4 aromatic rings. The molecule has 1 aromatic carbocycles. The molecule has 0 unspecified atom stereocenters. The summed E-state index contributed by atoms with van der Waals surface area (Å²) < 4.78 is 0. The second-order valence-corrected chi connectivity index (χ2v) is 8.01. The second kappa shape index (κ2) is 11.4. The van der Waals surface area contributed by atoms with Gasteiger partial charge in [-0.3, -0.25) is 10.1 Å². The van der Waals surface area contributed by atoms with Gasteiger partial charge in [-0.2, -0.15) is 5.10 Å². The highest BCUT2D eigenvalue weighted by molar-refractivity contribution is 5.94. The highest BCUT2D eigenvalue weighted by Crippen LogP contribution is 2.30. The zero-order valence-corrected chi connectivity index (χ0v) is 20.3. The first-order chi connectivity index (χ1) is 16.0. The van der Waals surface area contributed by atoms with Gasteiger partial charge in [-0.1, -0.05) is 38.6 Å². The van der Waals surface area contributed by atoms with E-state index in [1.165, 1.54) is 5.56 Å². The van der Waals surface area contributed by atoms with Crippen molar-refractivity contribution in [2.45, 2.75) is 33.6 Å². The van der Waals surface area contributed by atoms with E-state index in [1.54, 1.807) is 6.08 Å². The van der Waals surface area contributed by atoms with Gasteiger partial charge in [0.2, 0.25) is 0 Å². The predicted octanol–water partition coefficient (Wildman–Crippen LogP) is 6.04. The van der Waals surface area contributed by atoms with Crippen LogP contribution in [0.25, 0.3) is 39.6 Å². The number of nitrogens with one attached hydrogen (secondary N) is 2. The monoisotopic (exact) mass is 442 g/mol. The number of aryl methyl sites for hydroxylation is 2. The van der Waals surface area contributed by atoms with Gasteiger partial charge in [-0.25, -0.2) is 4.98 Å². The number of imidazole rings is 1. The van der Waals surface area contributed by atoms with Crippen LogP contribution >= 0.6 is 0 Å². The van der Waals surface area contributed by atoms with Gasteiger partial charge < -0.3 is 9.88 Å². The number of pyridine rings is 1. The lowest BCUT2D eigenvalue weighted by Crippen LogP contribution is -2.13. The Morgan fingerprint density at radius 1 is 1.09 bits per heavy atom. The highest BCUT2D eigenvalue weighted by Gasteiger charge is 2.14. The Kier molecular flexibility index (Phi) is 8.33. The maximum absolute atomic E-state index is 4.72. The predicted molar refractivity (Wildman–Crippen MR) is 139 cm³/mol. The van der Waals surface area contributed by atoms with Gasteiger partial charge in [0, 0.05) is 29.0 Å². The van der Waals surface area contributed by atoms with Gasteiger partial charge >= 0.3 is 0 Å². The Balaban J connectivity index is 0.00000149. The van der Waals surface area contributed by atoms with Crippen molar-refractivity contribution in [2.24, 2.45) is 0 Å². The van der Waals surface area contributed by atoms with Gasteiger partial charge in [0.1, 0.15) is 5.69 Å². The number of benzene rings is 1. The van der Waals surface area contributed by atoms with E-state index in [1.807, 2.05) is 45.3 Å². The summed E-state index contributed by atoms with van der Waals surface area (Å²) in [7, 11) is 4.21. The molecule has 172 valence electrons. The van der Waals surface area contributed by atoms with Gasteiger partial charge in [-0.05, 0) is 75.8 Å². The largest absolute Gasteiger partial charge is 0.340 e. The summed E-state index contributed by atoms with van der Waals surface area (Å²) >= 11 is 0. The average Bonchev–Trinajstić information content (AvgIpc) is 3.41. The fourth-order valence-electron chi connectivity index (χ4n) is 3.66. The van der Waals surface area contributed by atoms with Crippen molar-refractivity contribution in [3.8, 4) is 22.6 Å². The number of nitrogens with zero attached hydrogens (tertiary/aromatic N) is 4. The molecule has 2 N–H and O–H groups in total. The third-order valence-electron chi connectivity index (χ3n) is 5.30. The molecular weight excluding hydrogens is 408 g/mol. The first-order valence-electron chi connectivity index (χ1n) is 11.5. The molecule has 0 radical (unpaired) electrons. The standard InChI is InChI=1S/C25H28N6.C2H6/c1-5-6-9-22-17(2)27-25(28-22)24-21-14-19(10-11-23(21)29-30-24)20-13-18(15-26-16-20)8-7-12-31(3)4;1-2/h5-6,9-11,13-16H,1,7-8,12H2,2-4H3,(H,27,28)(H,29,30);1-2H3/b9-6-;. The minimum atomic E-state index is 0.750. The van der Waals surface area contributed by atoms with Crippen LogP contribution in [0.15, 0.2) is 55.4 Å². The number of rotatable bonds is 8. The molecule has 3 heterocycles. The Morgan fingerprint density at radius 2 is 1.91 bits per heavy atom. The molecule has 3 aromatic heterocycles. The van der Waals surface area contributed by atoms with Crippen molar-refractivity contribution in [1.29, 1.82) is 0 Å². The Bertz CT molecular complexity index is 1230. The molecule has 0 saturated heterocycles. The maximum atomic E-state index is 4.72. The van der Waals surface area contributed by atoms with E-state index >= 15 is 0 Å². The minimum absolute atomic E-state index is 0.750. The first kappa shape index (κ1) is 24.1. The summed E-state index contributed by atoms with van der Waals surface area (Å²) in [5, 5.41) is 8.68. The molecule has 6 nitrogen and oxygen atoms in total. The third kappa shape index (κ3) is 5.84. The van der Waals surface area contributed by atoms with Gasteiger partial charge in [-0.15, -0.1) is 0 Å². The Hall–Kier alpha value is -3.51. The molecule has 0 saturated carbocycles. The Morgan fingerprint density at radius 3 is 2.67 bits per heavy atom. The average molecular weight is 443 g/mol. The van der Waals surface area contributed by atoms with Crippen LogP contribution in [0.5, 0.6) is 0 Å². The summed E-state index contributed by atoms with van der Waals surface area (Å²) in [6.45, 7) is 10.8. The lowest BCUT2D eigenvalue weighted by atomic mass is 10.0. The topological polar surface area (TPSA) is 73.5 Å². The van der Waals surface area contributed by atoms with Crippen LogP contribution < -0.4 is 0 Å². The van der Waals surface area contributed by atoms with Crippen molar-refractivity contribution in [3.05, 3.63) is 72.3 Å². The number of hydrogen-bond acceptors (Lipinski definition) is 4. The molecule has 0 aliphatic heterocycles. The quantitative estimate of drug-likeness (QED) is 0.326. The van der Waals surface area contributed by atoms with Crippen molar-refractivity contribution in [1.82, 2.24) is 30.0 Å². The van der Waals surface area contributed by atoms with Crippen molar-refractivity contribution < 1.29 is 0 Å². The van der Waals surface area contributed by atoms with Crippen LogP contribution in [0.4, 0.5) is 0 Å². The van der Waals surface area contributed by atoms with Crippen LogP contribution in [0, 0.1) is 6.92 Å². The minimum Gasteiger partial charge on any atom is -0.340 e. The highest BCUT2D eigenvalue weighted by atomic mass is 15.1. The van der Waals surface area contributed by atoms with Crippen molar-refractivity contribution >= 4 is 17.0 Å². The molecule has 0 amide bonds. The summed E-state index contributed by atoms with van der Waals surface area (Å²) in [6, 6.07) is 8.56. The fraction of sp³-hybridized carbons (Fsp3) is 0.296. The zero-order valence-electron chi connectivity index (χ0n) is 20.3. The van der Waals surface area contributed by atoms with E-state index < -0.39 is 0 Å². The van der Waals surface area contributed by atoms with Crippen LogP contribution in [-0.4, -0.2) is 50.7 Å². The molecule has 0 aliphatic rings. The lowest BCUT2D eigenvalue weighted by molar-refractivity contribution is 0.400.